The highest BCUT2D eigenvalue weighted by Crippen LogP contribution is 2.29. The van der Waals surface area contributed by atoms with Crippen LogP contribution in [0.1, 0.15) is 18.1 Å². The average Bonchev–Trinajstić information content (AvgIpc) is 2.44. The molecule has 0 radical (unpaired) electrons. The van der Waals surface area contributed by atoms with Gasteiger partial charge in [0.1, 0.15) is 5.82 Å². The minimum atomic E-state index is -0.430. The second-order valence-corrected chi connectivity index (χ2v) is 6.93. The number of halogens is 2. The van der Waals surface area contributed by atoms with E-state index in [4.69, 9.17) is 11.6 Å². The van der Waals surface area contributed by atoms with Crippen molar-refractivity contribution in [1.82, 2.24) is 0 Å². The van der Waals surface area contributed by atoms with E-state index in [-0.39, 0.29) is 16.2 Å². The van der Waals surface area contributed by atoms with Gasteiger partial charge in [-0.15, -0.1) is 11.8 Å². The maximum absolute atomic E-state index is 13.0. The molecular weight excluding hydrogens is 321 g/mol. The minimum absolute atomic E-state index is 0.168. The maximum Gasteiger partial charge on any atom is 0.237 e. The molecule has 0 saturated carbocycles. The minimum Gasteiger partial charge on any atom is -0.324 e. The van der Waals surface area contributed by atoms with Crippen molar-refractivity contribution in [1.29, 1.82) is 0 Å². The molecule has 22 heavy (non-hydrogen) atoms. The summed E-state index contributed by atoms with van der Waals surface area (Å²) in [5, 5.41) is 2.63. The highest BCUT2D eigenvalue weighted by Gasteiger charge is 2.16. The highest BCUT2D eigenvalue weighted by molar-refractivity contribution is 8.00. The van der Waals surface area contributed by atoms with Crippen LogP contribution in [0.2, 0.25) is 5.02 Å². The van der Waals surface area contributed by atoms with Crippen molar-refractivity contribution in [3.05, 3.63) is 58.4 Å². The van der Waals surface area contributed by atoms with E-state index in [1.165, 1.54) is 35.5 Å². The number of rotatable bonds is 4. The van der Waals surface area contributed by atoms with E-state index in [9.17, 15) is 9.18 Å². The quantitative estimate of drug-likeness (QED) is 0.775. The van der Waals surface area contributed by atoms with Gasteiger partial charge in [-0.05, 0) is 50.6 Å². The number of carbonyl (C=O) groups is 1. The van der Waals surface area contributed by atoms with Crippen LogP contribution in [0.3, 0.4) is 0 Å². The second-order valence-electron chi connectivity index (χ2n) is 5.14. The van der Waals surface area contributed by atoms with Gasteiger partial charge in [0.25, 0.3) is 0 Å². The molecule has 1 N–H and O–H groups in total. The topological polar surface area (TPSA) is 29.1 Å². The van der Waals surface area contributed by atoms with Crippen molar-refractivity contribution in [2.75, 3.05) is 5.32 Å². The molecule has 0 spiro atoms. The molecule has 2 aromatic carbocycles. The van der Waals surface area contributed by atoms with Gasteiger partial charge in [0.2, 0.25) is 5.91 Å². The third-order valence-electron chi connectivity index (χ3n) is 3.19. The molecule has 0 heterocycles. The second kappa shape index (κ2) is 7.16. The summed E-state index contributed by atoms with van der Waals surface area (Å²) >= 11 is 7.41. The Morgan fingerprint density at radius 1 is 1.23 bits per heavy atom. The van der Waals surface area contributed by atoms with E-state index in [0.29, 0.717) is 5.69 Å². The number of thioether (sulfide) groups is 1. The first-order valence-corrected chi connectivity index (χ1v) is 8.12. The number of amides is 1. The molecule has 0 unspecified atom stereocenters. The van der Waals surface area contributed by atoms with Crippen LogP contribution in [-0.4, -0.2) is 11.2 Å². The number of carbonyl (C=O) groups excluding carboxylic acids is 1. The molecule has 0 aliphatic heterocycles. The van der Waals surface area contributed by atoms with Gasteiger partial charge in [-0.25, -0.2) is 4.39 Å². The molecule has 0 bridgehead atoms. The number of hydrogen-bond donors (Lipinski definition) is 1. The highest BCUT2D eigenvalue weighted by atomic mass is 35.5. The number of anilines is 1. The Bertz CT molecular complexity index is 705. The van der Waals surface area contributed by atoms with Gasteiger partial charge in [-0.1, -0.05) is 29.3 Å². The fourth-order valence-electron chi connectivity index (χ4n) is 2.00. The zero-order valence-electron chi connectivity index (χ0n) is 12.6. The van der Waals surface area contributed by atoms with Crippen molar-refractivity contribution in [2.24, 2.45) is 0 Å². The average molecular weight is 338 g/mol. The SMILES string of the molecule is Cc1ccc(S[C@@H](C)C(=O)Nc2ccc(F)cc2Cl)c(C)c1. The van der Waals surface area contributed by atoms with Crippen LogP contribution in [0.25, 0.3) is 0 Å². The summed E-state index contributed by atoms with van der Waals surface area (Å²) in [6.07, 6.45) is 0. The van der Waals surface area contributed by atoms with Crippen LogP contribution in [0.4, 0.5) is 10.1 Å². The predicted molar refractivity (Wildman–Crippen MR) is 91.3 cm³/mol. The molecule has 0 aliphatic carbocycles. The molecule has 1 atom stereocenters. The van der Waals surface area contributed by atoms with Gasteiger partial charge in [0, 0.05) is 4.90 Å². The molecule has 5 heteroatoms. The number of hydrogen-bond acceptors (Lipinski definition) is 2. The molecule has 0 aromatic heterocycles. The summed E-state index contributed by atoms with van der Waals surface area (Å²) in [7, 11) is 0. The van der Waals surface area contributed by atoms with Gasteiger partial charge in [-0.3, -0.25) is 4.79 Å². The fourth-order valence-corrected chi connectivity index (χ4v) is 3.15. The summed E-state index contributed by atoms with van der Waals surface area (Å²) in [6.45, 7) is 5.89. The molecule has 116 valence electrons. The van der Waals surface area contributed by atoms with Crippen LogP contribution in [-0.2, 0) is 4.79 Å². The Kier molecular flexibility index (Phi) is 5.48. The smallest absolute Gasteiger partial charge is 0.237 e. The molecule has 1 amide bonds. The van der Waals surface area contributed by atoms with Crippen LogP contribution < -0.4 is 5.32 Å². The van der Waals surface area contributed by atoms with Gasteiger partial charge in [-0.2, -0.15) is 0 Å². The van der Waals surface area contributed by atoms with Crippen molar-refractivity contribution in [3.8, 4) is 0 Å². The molecule has 0 aliphatic rings. The lowest BCUT2D eigenvalue weighted by molar-refractivity contribution is -0.115. The van der Waals surface area contributed by atoms with E-state index < -0.39 is 5.82 Å². The summed E-state index contributed by atoms with van der Waals surface area (Å²) in [5.74, 6) is -0.598. The Labute approximate surface area is 139 Å². The van der Waals surface area contributed by atoms with Gasteiger partial charge < -0.3 is 5.32 Å². The number of benzene rings is 2. The standard InChI is InChI=1S/C17H17ClFNOS/c1-10-4-7-16(11(2)8-10)22-12(3)17(21)20-15-6-5-13(19)9-14(15)18/h4-9,12H,1-3H3,(H,20,21)/t12-/m0/s1. The Balaban J connectivity index is 2.05. The van der Waals surface area contributed by atoms with Crippen molar-refractivity contribution in [2.45, 2.75) is 30.9 Å². The third kappa shape index (κ3) is 4.24. The third-order valence-corrected chi connectivity index (χ3v) is 4.78. The maximum atomic E-state index is 13.0. The molecule has 0 saturated heterocycles. The molecule has 2 aromatic rings. The first kappa shape index (κ1) is 16.8. The summed E-state index contributed by atoms with van der Waals surface area (Å²) in [4.78, 5) is 13.3. The lowest BCUT2D eigenvalue weighted by Crippen LogP contribution is -2.22. The molecule has 2 rings (SSSR count). The number of aryl methyl sites for hydroxylation is 2. The zero-order chi connectivity index (χ0) is 16.3. The van der Waals surface area contributed by atoms with E-state index in [1.54, 1.807) is 0 Å². The Hall–Kier alpha value is -1.52. The Morgan fingerprint density at radius 3 is 2.59 bits per heavy atom. The van der Waals surface area contributed by atoms with Gasteiger partial charge in [0.15, 0.2) is 0 Å². The fraction of sp³-hybridized carbons (Fsp3) is 0.235. The van der Waals surface area contributed by atoms with Gasteiger partial charge >= 0.3 is 0 Å². The molecule has 2 nitrogen and oxygen atoms in total. The van der Waals surface area contributed by atoms with E-state index in [2.05, 4.69) is 11.4 Å². The summed E-state index contributed by atoms with van der Waals surface area (Å²) in [6, 6.07) is 10.0. The van der Waals surface area contributed by atoms with Crippen molar-refractivity contribution >= 4 is 35.0 Å². The summed E-state index contributed by atoms with van der Waals surface area (Å²) < 4.78 is 13.0. The van der Waals surface area contributed by atoms with Gasteiger partial charge in [0.05, 0.1) is 16.0 Å². The molecular formula is C17H17ClFNOS. The monoisotopic (exact) mass is 337 g/mol. The normalized spacial score (nSPS) is 12.0. The molecule has 0 fully saturated rings. The van der Waals surface area contributed by atoms with Crippen LogP contribution >= 0.6 is 23.4 Å². The largest absolute Gasteiger partial charge is 0.324 e. The van der Waals surface area contributed by atoms with Crippen LogP contribution in [0, 0.1) is 19.7 Å². The van der Waals surface area contributed by atoms with E-state index in [0.717, 1.165) is 10.5 Å². The number of nitrogens with one attached hydrogen (secondary N) is 1. The van der Waals surface area contributed by atoms with E-state index >= 15 is 0 Å². The zero-order valence-corrected chi connectivity index (χ0v) is 14.2. The Morgan fingerprint density at radius 2 is 1.95 bits per heavy atom. The predicted octanol–water partition coefficient (Wildman–Crippen LogP) is 5.22. The van der Waals surface area contributed by atoms with Crippen molar-refractivity contribution < 1.29 is 9.18 Å². The van der Waals surface area contributed by atoms with E-state index in [1.807, 2.05) is 32.9 Å². The van der Waals surface area contributed by atoms with Crippen LogP contribution in [0.15, 0.2) is 41.3 Å². The summed E-state index contributed by atoms with van der Waals surface area (Å²) in [5.41, 5.74) is 2.75. The first-order valence-electron chi connectivity index (χ1n) is 6.86. The first-order chi connectivity index (χ1) is 10.4. The van der Waals surface area contributed by atoms with Crippen LogP contribution in [0.5, 0.6) is 0 Å². The lowest BCUT2D eigenvalue weighted by atomic mass is 10.2. The van der Waals surface area contributed by atoms with Crippen molar-refractivity contribution in [3.63, 3.8) is 0 Å². The lowest BCUT2D eigenvalue weighted by Gasteiger charge is -2.14.